The molecule has 0 saturated heterocycles. The van der Waals surface area contributed by atoms with E-state index in [2.05, 4.69) is 0 Å². The van der Waals surface area contributed by atoms with Gasteiger partial charge in [0.05, 0.1) is 7.11 Å². The van der Waals surface area contributed by atoms with Crippen molar-refractivity contribution in [1.29, 1.82) is 0 Å². The lowest BCUT2D eigenvalue weighted by atomic mass is 10.3. The van der Waals surface area contributed by atoms with Gasteiger partial charge in [-0.05, 0) is 35.6 Å². The van der Waals surface area contributed by atoms with Crippen molar-refractivity contribution < 1.29 is 9.30 Å². The maximum absolute atomic E-state index is 10.2. The lowest BCUT2D eigenvalue weighted by Crippen LogP contribution is -1.80. The average Bonchev–Trinajstić information content (AvgIpc) is 2.07. The second-order valence-electron chi connectivity index (χ2n) is 1.84. The van der Waals surface area contributed by atoms with Crippen LogP contribution in [-0.4, -0.2) is 7.11 Å². The van der Waals surface area contributed by atoms with Crippen LogP contribution in [0, 0.1) is 0 Å². The molecule has 0 unspecified atom stereocenters. The SMILES string of the molecule is COc1ccc(SP=O)cc1. The molecule has 0 spiro atoms. The monoisotopic (exact) mass is 186 g/mol. The quantitative estimate of drug-likeness (QED) is 0.679. The number of hydrogen-bond donors (Lipinski definition) is 0. The van der Waals surface area contributed by atoms with Crippen molar-refractivity contribution in [3.05, 3.63) is 24.3 Å². The number of methoxy groups -OCH3 is 1. The maximum atomic E-state index is 10.2. The highest BCUT2D eigenvalue weighted by atomic mass is 32.7. The Morgan fingerprint density at radius 1 is 1.36 bits per heavy atom. The van der Waals surface area contributed by atoms with Gasteiger partial charge < -0.3 is 4.74 Å². The smallest absolute Gasteiger partial charge is 0.232 e. The first kappa shape index (κ1) is 8.57. The molecule has 0 saturated carbocycles. The summed E-state index contributed by atoms with van der Waals surface area (Å²) >= 11 is 1.26. The minimum atomic E-state index is 0.0763. The van der Waals surface area contributed by atoms with Gasteiger partial charge in [0, 0.05) is 4.90 Å². The minimum Gasteiger partial charge on any atom is -0.497 e. The van der Waals surface area contributed by atoms with Gasteiger partial charge in [-0.15, -0.1) is 0 Å². The third-order valence-corrected chi connectivity index (χ3v) is 2.62. The number of hydrogen-bond acceptors (Lipinski definition) is 3. The van der Waals surface area contributed by atoms with E-state index < -0.39 is 0 Å². The van der Waals surface area contributed by atoms with Crippen LogP contribution in [0.4, 0.5) is 0 Å². The second-order valence-corrected chi connectivity index (χ2v) is 3.64. The lowest BCUT2D eigenvalue weighted by molar-refractivity contribution is 0.414. The molecule has 0 aromatic heterocycles. The van der Waals surface area contributed by atoms with Crippen LogP contribution < -0.4 is 4.74 Å². The Labute approximate surface area is 70.9 Å². The molecule has 0 radical (unpaired) electrons. The van der Waals surface area contributed by atoms with E-state index in [1.54, 1.807) is 7.11 Å². The van der Waals surface area contributed by atoms with Crippen LogP contribution in [0.1, 0.15) is 0 Å². The molecule has 1 aromatic rings. The van der Waals surface area contributed by atoms with Gasteiger partial charge in [-0.2, -0.15) is 0 Å². The topological polar surface area (TPSA) is 26.3 Å². The predicted molar refractivity (Wildman–Crippen MR) is 46.5 cm³/mol. The van der Waals surface area contributed by atoms with E-state index in [0.29, 0.717) is 0 Å². The molecule has 0 atom stereocenters. The standard InChI is InChI=1S/C7H7O2PS/c1-9-6-2-4-7(5-3-6)11-10-8/h2-5H,1H3. The molecule has 0 fully saturated rings. The first-order chi connectivity index (χ1) is 5.36. The van der Waals surface area contributed by atoms with Gasteiger partial charge in [-0.3, -0.25) is 4.57 Å². The summed E-state index contributed by atoms with van der Waals surface area (Å²) in [5.41, 5.74) is 0. The van der Waals surface area contributed by atoms with Gasteiger partial charge in [0.25, 0.3) is 0 Å². The molecule has 1 rings (SSSR count). The molecular formula is C7H7O2PS. The molecule has 0 aliphatic rings. The molecule has 0 aliphatic carbocycles. The Morgan fingerprint density at radius 2 is 2.00 bits per heavy atom. The van der Waals surface area contributed by atoms with E-state index in [-0.39, 0.29) is 7.66 Å². The number of ether oxygens (including phenoxy) is 1. The molecule has 11 heavy (non-hydrogen) atoms. The molecule has 2 nitrogen and oxygen atoms in total. The highest BCUT2D eigenvalue weighted by Crippen LogP contribution is 2.29. The van der Waals surface area contributed by atoms with E-state index >= 15 is 0 Å². The first-order valence-corrected chi connectivity index (χ1v) is 5.24. The molecule has 0 N–H and O–H groups in total. The zero-order valence-corrected chi connectivity index (χ0v) is 7.69. The summed E-state index contributed by atoms with van der Waals surface area (Å²) in [6.07, 6.45) is 0. The van der Waals surface area contributed by atoms with Crippen molar-refractivity contribution in [1.82, 2.24) is 0 Å². The van der Waals surface area contributed by atoms with E-state index in [9.17, 15) is 4.57 Å². The Hall–Kier alpha value is -0.530. The van der Waals surface area contributed by atoms with E-state index in [4.69, 9.17) is 4.74 Å². The molecule has 0 heterocycles. The zero-order chi connectivity index (χ0) is 8.10. The van der Waals surface area contributed by atoms with Crippen molar-refractivity contribution in [3.63, 3.8) is 0 Å². The van der Waals surface area contributed by atoms with Crippen molar-refractivity contribution >= 4 is 19.0 Å². The van der Waals surface area contributed by atoms with Gasteiger partial charge in [-0.1, -0.05) is 0 Å². The zero-order valence-electron chi connectivity index (χ0n) is 5.98. The molecule has 4 heteroatoms. The molecule has 1 aromatic carbocycles. The van der Waals surface area contributed by atoms with Crippen LogP contribution in [-0.2, 0) is 4.57 Å². The van der Waals surface area contributed by atoms with Crippen molar-refractivity contribution in [2.45, 2.75) is 4.90 Å². The fourth-order valence-corrected chi connectivity index (χ4v) is 1.65. The summed E-state index contributed by atoms with van der Waals surface area (Å²) in [5.74, 6) is 0.817. The predicted octanol–water partition coefficient (Wildman–Crippen LogP) is 2.99. The van der Waals surface area contributed by atoms with Crippen LogP contribution in [0.15, 0.2) is 29.2 Å². The van der Waals surface area contributed by atoms with Gasteiger partial charge in [-0.25, -0.2) is 0 Å². The summed E-state index contributed by atoms with van der Waals surface area (Å²) in [4.78, 5) is 0.975. The van der Waals surface area contributed by atoms with Crippen LogP contribution in [0.25, 0.3) is 0 Å². The molecular weight excluding hydrogens is 179 g/mol. The van der Waals surface area contributed by atoms with Gasteiger partial charge >= 0.3 is 0 Å². The van der Waals surface area contributed by atoms with E-state index in [1.165, 1.54) is 11.4 Å². The fourth-order valence-electron chi connectivity index (χ4n) is 0.680. The highest BCUT2D eigenvalue weighted by molar-refractivity contribution is 8.45. The lowest BCUT2D eigenvalue weighted by Gasteiger charge is -1.98. The third-order valence-electron chi connectivity index (χ3n) is 1.20. The van der Waals surface area contributed by atoms with Crippen molar-refractivity contribution in [3.8, 4) is 5.75 Å². The molecule has 58 valence electrons. The molecule has 0 bridgehead atoms. The van der Waals surface area contributed by atoms with E-state index in [0.717, 1.165) is 10.6 Å². The van der Waals surface area contributed by atoms with Crippen LogP contribution in [0.3, 0.4) is 0 Å². The van der Waals surface area contributed by atoms with Gasteiger partial charge in [0.15, 0.2) is 0 Å². The maximum Gasteiger partial charge on any atom is 0.232 e. The highest BCUT2D eigenvalue weighted by Gasteiger charge is 1.93. The number of benzene rings is 1. The van der Waals surface area contributed by atoms with Crippen molar-refractivity contribution in [2.24, 2.45) is 0 Å². The summed E-state index contributed by atoms with van der Waals surface area (Å²) in [5, 5.41) is 0. The van der Waals surface area contributed by atoms with E-state index in [1.807, 2.05) is 24.3 Å². The van der Waals surface area contributed by atoms with Crippen LogP contribution in [0.2, 0.25) is 0 Å². The average molecular weight is 186 g/mol. The minimum absolute atomic E-state index is 0.0763. The van der Waals surface area contributed by atoms with Crippen LogP contribution in [0.5, 0.6) is 5.75 Å². The van der Waals surface area contributed by atoms with Crippen molar-refractivity contribution in [2.75, 3.05) is 7.11 Å². The summed E-state index contributed by atoms with van der Waals surface area (Å²) in [6.45, 7) is 0. The second kappa shape index (κ2) is 4.37. The Kier molecular flexibility index (Phi) is 3.40. The Balaban J connectivity index is 2.74. The first-order valence-electron chi connectivity index (χ1n) is 3.00. The Morgan fingerprint density at radius 3 is 2.45 bits per heavy atom. The van der Waals surface area contributed by atoms with Gasteiger partial charge in [0.2, 0.25) is 7.66 Å². The van der Waals surface area contributed by atoms with Gasteiger partial charge in [0.1, 0.15) is 5.75 Å². The summed E-state index contributed by atoms with van der Waals surface area (Å²) in [6, 6.07) is 7.42. The summed E-state index contributed by atoms with van der Waals surface area (Å²) in [7, 11) is 1.70. The third kappa shape index (κ3) is 2.52. The Bertz CT molecular complexity index is 235. The van der Waals surface area contributed by atoms with Crippen LogP contribution >= 0.6 is 19.0 Å². The summed E-state index contributed by atoms with van der Waals surface area (Å²) < 4.78 is 15.1. The fraction of sp³-hybridized carbons (Fsp3) is 0.143. The normalized spacial score (nSPS) is 9.91. The largest absolute Gasteiger partial charge is 0.497 e. The number of rotatable bonds is 3. The molecule has 0 amide bonds. The molecule has 0 aliphatic heterocycles.